The van der Waals surface area contributed by atoms with Crippen LogP contribution in [-0.2, 0) is 6.42 Å². The Bertz CT molecular complexity index is 845. The monoisotopic (exact) mass is 300 g/mol. The highest BCUT2D eigenvalue weighted by Crippen LogP contribution is 2.20. The molecule has 0 fully saturated rings. The van der Waals surface area contributed by atoms with Crippen molar-refractivity contribution in [1.29, 1.82) is 0 Å². The van der Waals surface area contributed by atoms with Gasteiger partial charge in [-0.3, -0.25) is 14.3 Å². The molecule has 3 rings (SSSR count). The fraction of sp³-hybridized carbons (Fsp3) is 0.133. The van der Waals surface area contributed by atoms with E-state index in [4.69, 9.17) is 17.3 Å². The van der Waals surface area contributed by atoms with Crippen LogP contribution in [0.4, 0.5) is 0 Å². The van der Waals surface area contributed by atoms with Gasteiger partial charge in [0, 0.05) is 12.6 Å². The summed E-state index contributed by atoms with van der Waals surface area (Å²) in [7, 11) is 0. The van der Waals surface area contributed by atoms with Gasteiger partial charge in [0.2, 0.25) is 0 Å². The molecule has 0 radical (unpaired) electrons. The van der Waals surface area contributed by atoms with Crippen LogP contribution < -0.4 is 11.3 Å². The smallest absolute Gasteiger partial charge is 0.267 e. The molecule has 0 bridgehead atoms. The average Bonchev–Trinajstić information content (AvgIpc) is 2.48. The number of nitrogens with zero attached hydrogens (tertiary/aromatic N) is 3. The Morgan fingerprint density at radius 1 is 1.24 bits per heavy atom. The van der Waals surface area contributed by atoms with Gasteiger partial charge >= 0.3 is 0 Å². The van der Waals surface area contributed by atoms with E-state index < -0.39 is 0 Å². The number of benzene rings is 1. The highest BCUT2D eigenvalue weighted by Gasteiger charge is 2.14. The topological polar surface area (TPSA) is 73.8 Å². The number of hydrogen-bond donors (Lipinski definition) is 1. The van der Waals surface area contributed by atoms with E-state index in [1.165, 1.54) is 4.57 Å². The zero-order chi connectivity index (χ0) is 14.8. The van der Waals surface area contributed by atoms with Crippen molar-refractivity contribution >= 4 is 22.5 Å². The lowest BCUT2D eigenvalue weighted by Gasteiger charge is -2.13. The molecule has 0 spiro atoms. The molecule has 5 nitrogen and oxygen atoms in total. The number of aromatic nitrogens is 3. The maximum absolute atomic E-state index is 12.8. The van der Waals surface area contributed by atoms with E-state index in [-0.39, 0.29) is 5.56 Å². The molecule has 21 heavy (non-hydrogen) atoms. The van der Waals surface area contributed by atoms with Gasteiger partial charge in [0.05, 0.1) is 27.8 Å². The van der Waals surface area contributed by atoms with Crippen LogP contribution in [0.25, 0.3) is 16.6 Å². The van der Waals surface area contributed by atoms with Crippen molar-refractivity contribution in [3.05, 3.63) is 63.9 Å². The SMILES string of the molecule is NCCc1nc2cccc(Cl)c2c(=O)n1-c1cccnc1. The van der Waals surface area contributed by atoms with Gasteiger partial charge in [-0.1, -0.05) is 17.7 Å². The summed E-state index contributed by atoms with van der Waals surface area (Å²) in [5.74, 6) is 0.602. The summed E-state index contributed by atoms with van der Waals surface area (Å²) in [4.78, 5) is 21.4. The lowest BCUT2D eigenvalue weighted by molar-refractivity contribution is 0.794. The molecule has 2 N–H and O–H groups in total. The van der Waals surface area contributed by atoms with Crippen molar-refractivity contribution in [3.8, 4) is 5.69 Å². The van der Waals surface area contributed by atoms with E-state index in [1.54, 1.807) is 42.7 Å². The summed E-state index contributed by atoms with van der Waals surface area (Å²) in [6.07, 6.45) is 3.76. The number of rotatable bonds is 3. The first-order chi connectivity index (χ1) is 10.2. The Hall–Kier alpha value is -2.24. The molecule has 0 amide bonds. The number of fused-ring (bicyclic) bond motifs is 1. The molecule has 0 atom stereocenters. The molecule has 2 heterocycles. The predicted molar refractivity (Wildman–Crippen MR) is 82.9 cm³/mol. The first-order valence-electron chi connectivity index (χ1n) is 6.53. The summed E-state index contributed by atoms with van der Waals surface area (Å²) < 4.78 is 1.52. The molecule has 0 saturated heterocycles. The second-order valence-corrected chi connectivity index (χ2v) is 4.96. The number of halogens is 1. The van der Waals surface area contributed by atoms with Gasteiger partial charge in [0.25, 0.3) is 5.56 Å². The van der Waals surface area contributed by atoms with Crippen molar-refractivity contribution in [3.63, 3.8) is 0 Å². The molecule has 2 aromatic heterocycles. The predicted octanol–water partition coefficient (Wildman–Crippen LogP) is 1.94. The molecule has 0 aliphatic heterocycles. The first-order valence-corrected chi connectivity index (χ1v) is 6.91. The van der Waals surface area contributed by atoms with Crippen LogP contribution in [0.5, 0.6) is 0 Å². The Morgan fingerprint density at radius 2 is 2.10 bits per heavy atom. The van der Waals surface area contributed by atoms with Crippen LogP contribution in [-0.4, -0.2) is 21.1 Å². The lowest BCUT2D eigenvalue weighted by Crippen LogP contribution is -2.25. The normalized spacial score (nSPS) is 11.0. The zero-order valence-electron chi connectivity index (χ0n) is 11.2. The van der Waals surface area contributed by atoms with Gasteiger partial charge in [0.1, 0.15) is 5.82 Å². The van der Waals surface area contributed by atoms with E-state index in [0.29, 0.717) is 40.4 Å². The van der Waals surface area contributed by atoms with Gasteiger partial charge < -0.3 is 5.73 Å². The summed E-state index contributed by atoms with van der Waals surface area (Å²) in [5.41, 5.74) is 6.66. The summed E-state index contributed by atoms with van der Waals surface area (Å²) in [6.45, 7) is 0.402. The van der Waals surface area contributed by atoms with Crippen molar-refractivity contribution < 1.29 is 0 Å². The molecule has 0 saturated carbocycles. The van der Waals surface area contributed by atoms with Crippen molar-refractivity contribution in [2.45, 2.75) is 6.42 Å². The van der Waals surface area contributed by atoms with Gasteiger partial charge in [0.15, 0.2) is 0 Å². The minimum Gasteiger partial charge on any atom is -0.330 e. The van der Waals surface area contributed by atoms with Crippen LogP contribution >= 0.6 is 11.6 Å². The van der Waals surface area contributed by atoms with Crippen LogP contribution in [0.15, 0.2) is 47.5 Å². The fourth-order valence-electron chi connectivity index (χ4n) is 2.28. The molecule has 0 unspecified atom stereocenters. The standard InChI is InChI=1S/C15H13ClN4O/c16-11-4-1-5-12-14(11)15(21)20(13(19-12)6-7-17)10-3-2-8-18-9-10/h1-5,8-9H,6-7,17H2. The van der Waals surface area contributed by atoms with Crippen LogP contribution in [0.3, 0.4) is 0 Å². The Balaban J connectivity index is 2.41. The number of nitrogens with two attached hydrogens (primary N) is 1. The molecule has 0 aliphatic rings. The van der Waals surface area contributed by atoms with E-state index in [1.807, 2.05) is 0 Å². The maximum atomic E-state index is 12.8. The van der Waals surface area contributed by atoms with Crippen molar-refractivity contribution in [2.75, 3.05) is 6.54 Å². The quantitative estimate of drug-likeness (QED) is 0.802. The summed E-state index contributed by atoms with van der Waals surface area (Å²) in [6, 6.07) is 8.81. The minimum absolute atomic E-state index is 0.206. The van der Waals surface area contributed by atoms with Crippen LogP contribution in [0, 0.1) is 0 Å². The Morgan fingerprint density at radius 3 is 2.81 bits per heavy atom. The second-order valence-electron chi connectivity index (χ2n) is 4.55. The molecule has 0 aliphatic carbocycles. The highest BCUT2D eigenvalue weighted by atomic mass is 35.5. The van der Waals surface area contributed by atoms with Crippen LogP contribution in [0.2, 0.25) is 5.02 Å². The fourth-order valence-corrected chi connectivity index (χ4v) is 2.54. The van der Waals surface area contributed by atoms with Gasteiger partial charge in [-0.05, 0) is 30.8 Å². The lowest BCUT2D eigenvalue weighted by atomic mass is 10.2. The largest absolute Gasteiger partial charge is 0.330 e. The van der Waals surface area contributed by atoms with E-state index >= 15 is 0 Å². The molecule has 1 aromatic carbocycles. The van der Waals surface area contributed by atoms with Gasteiger partial charge in [-0.2, -0.15) is 0 Å². The molecule has 6 heteroatoms. The maximum Gasteiger partial charge on any atom is 0.267 e. The Labute approximate surface area is 126 Å². The number of pyridine rings is 1. The first kappa shape index (κ1) is 13.7. The molecule has 3 aromatic rings. The molecule has 106 valence electrons. The zero-order valence-corrected chi connectivity index (χ0v) is 11.9. The Kier molecular flexibility index (Phi) is 3.68. The average molecular weight is 301 g/mol. The van der Waals surface area contributed by atoms with Crippen LogP contribution in [0.1, 0.15) is 5.82 Å². The third-order valence-corrected chi connectivity index (χ3v) is 3.50. The van der Waals surface area contributed by atoms with Crippen molar-refractivity contribution in [1.82, 2.24) is 14.5 Å². The van der Waals surface area contributed by atoms with Crippen molar-refractivity contribution in [2.24, 2.45) is 5.73 Å². The van der Waals surface area contributed by atoms with Gasteiger partial charge in [-0.15, -0.1) is 0 Å². The summed E-state index contributed by atoms with van der Waals surface area (Å²) in [5, 5.41) is 0.797. The van der Waals surface area contributed by atoms with E-state index in [2.05, 4.69) is 9.97 Å². The highest BCUT2D eigenvalue weighted by molar-refractivity contribution is 6.35. The third-order valence-electron chi connectivity index (χ3n) is 3.19. The van der Waals surface area contributed by atoms with E-state index in [0.717, 1.165) is 0 Å². The molecular formula is C15H13ClN4O. The minimum atomic E-state index is -0.206. The third kappa shape index (κ3) is 2.41. The number of hydrogen-bond acceptors (Lipinski definition) is 4. The second kappa shape index (κ2) is 5.63. The molecular weight excluding hydrogens is 288 g/mol. The summed E-state index contributed by atoms with van der Waals surface area (Å²) >= 11 is 6.16. The van der Waals surface area contributed by atoms with Gasteiger partial charge in [-0.25, -0.2) is 4.98 Å². The van der Waals surface area contributed by atoms with E-state index in [9.17, 15) is 4.79 Å².